The molecule has 0 aromatic carbocycles. The summed E-state index contributed by atoms with van der Waals surface area (Å²) in [6.45, 7) is 2.07. The first-order valence-electron chi connectivity index (χ1n) is 4.93. The maximum absolute atomic E-state index is 11.1. The highest BCUT2D eigenvalue weighted by Gasteiger charge is 2.13. The van der Waals surface area contributed by atoms with Gasteiger partial charge in [-0.2, -0.15) is 0 Å². The van der Waals surface area contributed by atoms with Crippen molar-refractivity contribution in [2.45, 2.75) is 19.4 Å². The summed E-state index contributed by atoms with van der Waals surface area (Å²) in [7, 11) is 0. The van der Waals surface area contributed by atoms with Crippen LogP contribution in [0.5, 0.6) is 0 Å². The van der Waals surface area contributed by atoms with E-state index in [1.807, 2.05) is 9.95 Å². The predicted molar refractivity (Wildman–Crippen MR) is 66.4 cm³/mol. The van der Waals surface area contributed by atoms with E-state index in [1.54, 1.807) is 23.7 Å². The zero-order valence-electron chi connectivity index (χ0n) is 8.71. The third-order valence-electron chi connectivity index (χ3n) is 2.31. The van der Waals surface area contributed by atoms with Crippen LogP contribution in [0.15, 0.2) is 28.6 Å². The van der Waals surface area contributed by atoms with Crippen molar-refractivity contribution in [3.8, 4) is 0 Å². The molecule has 2 aromatic heterocycles. The Balaban J connectivity index is 2.49. The molecule has 0 radical (unpaired) electrons. The van der Waals surface area contributed by atoms with E-state index in [9.17, 15) is 4.79 Å². The fourth-order valence-electron chi connectivity index (χ4n) is 1.56. The first-order valence-corrected chi connectivity index (χ1v) is 6.22. The first-order chi connectivity index (χ1) is 7.72. The Labute approximate surface area is 102 Å². The molecule has 2 heterocycles. The first kappa shape index (κ1) is 11.2. The van der Waals surface area contributed by atoms with Crippen LogP contribution in [0.3, 0.4) is 0 Å². The summed E-state index contributed by atoms with van der Waals surface area (Å²) >= 11 is 6.73. The fourth-order valence-corrected chi connectivity index (χ4v) is 2.67. The maximum atomic E-state index is 11.1. The Bertz CT molecular complexity index is 570. The van der Waals surface area contributed by atoms with E-state index < -0.39 is 0 Å². The molecule has 0 aliphatic rings. The number of aromatic nitrogens is 3. The Morgan fingerprint density at radius 3 is 3.06 bits per heavy atom. The van der Waals surface area contributed by atoms with Crippen LogP contribution in [0, 0.1) is 4.77 Å². The van der Waals surface area contributed by atoms with E-state index in [-0.39, 0.29) is 11.6 Å². The Kier molecular flexibility index (Phi) is 3.31. The van der Waals surface area contributed by atoms with Gasteiger partial charge in [0.1, 0.15) is 5.01 Å². The van der Waals surface area contributed by atoms with E-state index in [1.165, 1.54) is 6.07 Å². The number of aromatic amines is 1. The standard InChI is InChI=1S/C10H11N3OS2/c1-2-7(9-11-4-6-16-9)13-5-3-8(14)12-10(13)15/h3-7H,2H2,1H3,(H,12,14,15). The predicted octanol–water partition coefficient (Wildman–Crippen LogP) is 2.36. The molecule has 0 aliphatic heterocycles. The van der Waals surface area contributed by atoms with Crippen molar-refractivity contribution in [2.24, 2.45) is 0 Å². The van der Waals surface area contributed by atoms with Crippen LogP contribution >= 0.6 is 23.6 Å². The van der Waals surface area contributed by atoms with Gasteiger partial charge in [0, 0.05) is 23.8 Å². The molecule has 2 aromatic rings. The van der Waals surface area contributed by atoms with Crippen LogP contribution in [0.1, 0.15) is 24.4 Å². The number of hydrogen-bond acceptors (Lipinski definition) is 4. The number of nitrogens with one attached hydrogen (secondary N) is 1. The second-order valence-electron chi connectivity index (χ2n) is 3.31. The van der Waals surface area contributed by atoms with Gasteiger partial charge in [-0.3, -0.25) is 9.78 Å². The van der Waals surface area contributed by atoms with Crippen LogP contribution in [-0.2, 0) is 0 Å². The highest BCUT2D eigenvalue weighted by atomic mass is 32.1. The summed E-state index contributed by atoms with van der Waals surface area (Å²) in [5, 5.41) is 2.94. The lowest BCUT2D eigenvalue weighted by Crippen LogP contribution is -2.16. The molecule has 16 heavy (non-hydrogen) atoms. The molecule has 0 amide bonds. The average Bonchev–Trinajstić information content (AvgIpc) is 2.75. The summed E-state index contributed by atoms with van der Waals surface area (Å²) in [5.74, 6) is 0. The normalized spacial score (nSPS) is 12.6. The van der Waals surface area contributed by atoms with Gasteiger partial charge in [-0.1, -0.05) is 6.92 Å². The van der Waals surface area contributed by atoms with E-state index in [2.05, 4.69) is 16.9 Å². The summed E-state index contributed by atoms with van der Waals surface area (Å²) in [5.41, 5.74) is -0.171. The van der Waals surface area contributed by atoms with Crippen molar-refractivity contribution in [3.63, 3.8) is 0 Å². The second kappa shape index (κ2) is 4.71. The molecule has 0 saturated heterocycles. The van der Waals surface area contributed by atoms with Gasteiger partial charge >= 0.3 is 0 Å². The van der Waals surface area contributed by atoms with E-state index >= 15 is 0 Å². The molecule has 1 unspecified atom stereocenters. The van der Waals surface area contributed by atoms with Crippen LogP contribution in [0.25, 0.3) is 0 Å². The molecule has 2 rings (SSSR count). The highest BCUT2D eigenvalue weighted by Crippen LogP contribution is 2.23. The van der Waals surface area contributed by atoms with Crippen molar-refractivity contribution in [1.82, 2.24) is 14.5 Å². The molecule has 0 aliphatic carbocycles. The number of H-pyrrole nitrogens is 1. The van der Waals surface area contributed by atoms with E-state index in [0.29, 0.717) is 4.77 Å². The van der Waals surface area contributed by atoms with Crippen LogP contribution in [0.4, 0.5) is 0 Å². The van der Waals surface area contributed by atoms with Crippen LogP contribution in [0.2, 0.25) is 0 Å². The van der Waals surface area contributed by atoms with Crippen molar-refractivity contribution < 1.29 is 0 Å². The van der Waals surface area contributed by atoms with Gasteiger partial charge in [-0.05, 0) is 18.6 Å². The lowest BCUT2D eigenvalue weighted by molar-refractivity contribution is 0.543. The number of rotatable bonds is 3. The third-order valence-corrected chi connectivity index (χ3v) is 3.50. The highest BCUT2D eigenvalue weighted by molar-refractivity contribution is 7.71. The smallest absolute Gasteiger partial charge is 0.251 e. The summed E-state index contributed by atoms with van der Waals surface area (Å²) in [6, 6.07) is 1.58. The molecule has 0 saturated carbocycles. The summed E-state index contributed by atoms with van der Waals surface area (Å²) in [6.07, 6.45) is 4.38. The van der Waals surface area contributed by atoms with Crippen LogP contribution in [-0.4, -0.2) is 14.5 Å². The average molecular weight is 253 g/mol. The topological polar surface area (TPSA) is 50.7 Å². The van der Waals surface area contributed by atoms with Crippen molar-refractivity contribution in [1.29, 1.82) is 0 Å². The molecule has 1 N–H and O–H groups in total. The zero-order valence-corrected chi connectivity index (χ0v) is 10.3. The Morgan fingerprint density at radius 2 is 2.50 bits per heavy atom. The maximum Gasteiger partial charge on any atom is 0.251 e. The van der Waals surface area contributed by atoms with Gasteiger partial charge in [0.2, 0.25) is 0 Å². The fraction of sp³-hybridized carbons (Fsp3) is 0.300. The van der Waals surface area contributed by atoms with Crippen molar-refractivity contribution in [2.75, 3.05) is 0 Å². The number of thiazole rings is 1. The molecule has 1 atom stereocenters. The molecular formula is C10H11N3OS2. The molecule has 84 valence electrons. The van der Waals surface area contributed by atoms with Gasteiger partial charge in [-0.15, -0.1) is 11.3 Å². The summed E-state index contributed by atoms with van der Waals surface area (Å²) < 4.78 is 2.31. The van der Waals surface area contributed by atoms with Gasteiger partial charge in [0.25, 0.3) is 5.56 Å². The van der Waals surface area contributed by atoms with Gasteiger partial charge in [-0.25, -0.2) is 4.98 Å². The lowest BCUT2D eigenvalue weighted by Gasteiger charge is -2.15. The van der Waals surface area contributed by atoms with Gasteiger partial charge < -0.3 is 4.57 Å². The number of nitrogens with zero attached hydrogens (tertiary/aromatic N) is 2. The molecule has 0 bridgehead atoms. The Hall–Kier alpha value is -1.27. The Morgan fingerprint density at radius 1 is 1.69 bits per heavy atom. The minimum Gasteiger partial charge on any atom is -0.315 e. The van der Waals surface area contributed by atoms with Gasteiger partial charge in [0.15, 0.2) is 4.77 Å². The molecule has 0 fully saturated rings. The molecular weight excluding hydrogens is 242 g/mol. The largest absolute Gasteiger partial charge is 0.315 e. The van der Waals surface area contributed by atoms with E-state index in [4.69, 9.17) is 12.2 Å². The quantitative estimate of drug-likeness (QED) is 0.854. The second-order valence-corrected chi connectivity index (χ2v) is 4.62. The molecule has 4 nitrogen and oxygen atoms in total. The lowest BCUT2D eigenvalue weighted by atomic mass is 10.2. The van der Waals surface area contributed by atoms with Gasteiger partial charge in [0.05, 0.1) is 6.04 Å². The monoisotopic (exact) mass is 253 g/mol. The number of hydrogen-bond donors (Lipinski definition) is 1. The minimum atomic E-state index is -0.171. The van der Waals surface area contributed by atoms with Crippen molar-refractivity contribution >= 4 is 23.6 Å². The van der Waals surface area contributed by atoms with E-state index in [0.717, 1.165) is 11.4 Å². The van der Waals surface area contributed by atoms with Crippen molar-refractivity contribution in [3.05, 3.63) is 44.0 Å². The third kappa shape index (κ3) is 2.12. The summed E-state index contributed by atoms with van der Waals surface area (Å²) in [4.78, 5) is 18.0. The molecule has 0 spiro atoms. The van der Waals surface area contributed by atoms with Crippen LogP contribution < -0.4 is 5.56 Å². The zero-order chi connectivity index (χ0) is 11.5. The SMILES string of the molecule is CCC(c1nccs1)n1ccc(=O)[nH]c1=S. The minimum absolute atomic E-state index is 0.101. The molecule has 6 heteroatoms.